The Morgan fingerprint density at radius 3 is 2.42 bits per heavy atom. The molecule has 4 heteroatoms. The molecule has 0 saturated heterocycles. The summed E-state index contributed by atoms with van der Waals surface area (Å²) >= 11 is 0. The molecule has 1 aromatic carbocycles. The number of hydrogen-bond acceptors (Lipinski definition) is 4. The van der Waals surface area contributed by atoms with E-state index in [0.717, 1.165) is 42.3 Å². The predicted octanol–water partition coefficient (Wildman–Crippen LogP) is 2.10. The maximum absolute atomic E-state index is 5.48. The van der Waals surface area contributed by atoms with Gasteiger partial charge in [0.1, 0.15) is 11.5 Å². The molecule has 0 amide bonds. The Morgan fingerprint density at radius 2 is 1.84 bits per heavy atom. The summed E-state index contributed by atoms with van der Waals surface area (Å²) < 4.78 is 10.8. The minimum atomic E-state index is 0.527. The molecular weight excluding hydrogens is 240 g/mol. The lowest BCUT2D eigenvalue weighted by Crippen LogP contribution is -2.31. The zero-order valence-corrected chi connectivity index (χ0v) is 12.7. The van der Waals surface area contributed by atoms with E-state index in [1.165, 1.54) is 0 Å². The Kier molecular flexibility index (Phi) is 6.67. The lowest BCUT2D eigenvalue weighted by molar-refractivity contribution is 0.384. The van der Waals surface area contributed by atoms with E-state index >= 15 is 0 Å². The molecule has 1 rings (SSSR count). The van der Waals surface area contributed by atoms with Gasteiger partial charge in [-0.05, 0) is 13.0 Å². The molecule has 1 aromatic rings. The van der Waals surface area contributed by atoms with Crippen LogP contribution in [0.5, 0.6) is 11.5 Å². The first-order valence-corrected chi connectivity index (χ1v) is 6.74. The quantitative estimate of drug-likeness (QED) is 0.707. The van der Waals surface area contributed by atoms with Crippen molar-refractivity contribution in [3.05, 3.63) is 23.3 Å². The standard InChI is InChI=1S/C15H26N2O2/c1-11(2)17-9-8-16-10-13-6-7-14(18-4)12(3)15(13)19-5/h6-7,11,16-17H,8-10H2,1-5H3. The zero-order valence-electron chi connectivity index (χ0n) is 12.7. The van der Waals surface area contributed by atoms with Crippen LogP contribution in [0.4, 0.5) is 0 Å². The van der Waals surface area contributed by atoms with Crippen molar-refractivity contribution in [2.75, 3.05) is 27.3 Å². The van der Waals surface area contributed by atoms with Crippen LogP contribution in [0.3, 0.4) is 0 Å². The number of ether oxygens (including phenoxy) is 2. The summed E-state index contributed by atoms with van der Waals surface area (Å²) in [4.78, 5) is 0. The monoisotopic (exact) mass is 266 g/mol. The maximum Gasteiger partial charge on any atom is 0.129 e. The maximum atomic E-state index is 5.48. The minimum absolute atomic E-state index is 0.527. The van der Waals surface area contributed by atoms with Crippen LogP contribution in [0.25, 0.3) is 0 Å². The van der Waals surface area contributed by atoms with Crippen LogP contribution in [-0.2, 0) is 6.54 Å². The molecule has 0 heterocycles. The average molecular weight is 266 g/mol. The summed E-state index contributed by atoms with van der Waals surface area (Å²) in [5.74, 6) is 1.77. The molecule has 2 N–H and O–H groups in total. The van der Waals surface area contributed by atoms with Crippen LogP contribution in [-0.4, -0.2) is 33.4 Å². The molecular formula is C15H26N2O2. The van der Waals surface area contributed by atoms with Gasteiger partial charge in [-0.2, -0.15) is 0 Å². The molecule has 0 unspecified atom stereocenters. The van der Waals surface area contributed by atoms with E-state index in [1.54, 1.807) is 14.2 Å². The number of hydrogen-bond donors (Lipinski definition) is 2. The van der Waals surface area contributed by atoms with Crippen molar-refractivity contribution in [2.24, 2.45) is 0 Å². The third-order valence-corrected chi connectivity index (χ3v) is 3.03. The Bertz CT molecular complexity index is 392. The second-order valence-corrected chi connectivity index (χ2v) is 4.87. The fourth-order valence-electron chi connectivity index (χ4n) is 2.05. The smallest absolute Gasteiger partial charge is 0.129 e. The fraction of sp³-hybridized carbons (Fsp3) is 0.600. The summed E-state index contributed by atoms with van der Waals surface area (Å²) in [5, 5.41) is 6.79. The molecule has 0 radical (unpaired) electrons. The summed E-state index contributed by atoms with van der Waals surface area (Å²) in [7, 11) is 3.38. The van der Waals surface area contributed by atoms with E-state index in [0.29, 0.717) is 6.04 Å². The van der Waals surface area contributed by atoms with Crippen molar-refractivity contribution < 1.29 is 9.47 Å². The topological polar surface area (TPSA) is 42.5 Å². The molecule has 0 spiro atoms. The lowest BCUT2D eigenvalue weighted by atomic mass is 10.1. The van der Waals surface area contributed by atoms with Crippen molar-refractivity contribution in [2.45, 2.75) is 33.4 Å². The van der Waals surface area contributed by atoms with Gasteiger partial charge in [0.2, 0.25) is 0 Å². The number of methoxy groups -OCH3 is 2. The third kappa shape index (κ3) is 4.73. The highest BCUT2D eigenvalue weighted by molar-refractivity contribution is 5.49. The van der Waals surface area contributed by atoms with E-state index in [9.17, 15) is 0 Å². The number of benzene rings is 1. The molecule has 0 aliphatic heterocycles. The zero-order chi connectivity index (χ0) is 14.3. The molecule has 0 saturated carbocycles. The van der Waals surface area contributed by atoms with Crippen LogP contribution in [0, 0.1) is 6.92 Å². The highest BCUT2D eigenvalue weighted by Gasteiger charge is 2.10. The van der Waals surface area contributed by atoms with Gasteiger partial charge in [-0.25, -0.2) is 0 Å². The van der Waals surface area contributed by atoms with Gasteiger partial charge in [0.25, 0.3) is 0 Å². The Balaban J connectivity index is 2.56. The number of nitrogens with one attached hydrogen (secondary N) is 2. The van der Waals surface area contributed by atoms with Gasteiger partial charge in [-0.1, -0.05) is 19.9 Å². The Labute approximate surface area is 116 Å². The fourth-order valence-corrected chi connectivity index (χ4v) is 2.05. The van der Waals surface area contributed by atoms with Crippen molar-refractivity contribution in [1.82, 2.24) is 10.6 Å². The third-order valence-electron chi connectivity index (χ3n) is 3.03. The Hall–Kier alpha value is -1.26. The largest absolute Gasteiger partial charge is 0.496 e. The van der Waals surface area contributed by atoms with Crippen LogP contribution >= 0.6 is 0 Å². The van der Waals surface area contributed by atoms with Crippen molar-refractivity contribution in [3.8, 4) is 11.5 Å². The van der Waals surface area contributed by atoms with Crippen LogP contribution in [0.2, 0.25) is 0 Å². The summed E-state index contributed by atoms with van der Waals surface area (Å²) in [6.07, 6.45) is 0. The summed E-state index contributed by atoms with van der Waals surface area (Å²) in [6, 6.07) is 4.56. The van der Waals surface area contributed by atoms with Gasteiger partial charge in [0.05, 0.1) is 14.2 Å². The van der Waals surface area contributed by atoms with Crippen LogP contribution < -0.4 is 20.1 Å². The van der Waals surface area contributed by atoms with Crippen molar-refractivity contribution in [3.63, 3.8) is 0 Å². The normalized spacial score (nSPS) is 10.8. The van der Waals surface area contributed by atoms with Gasteiger partial charge in [-0.15, -0.1) is 0 Å². The van der Waals surface area contributed by atoms with Crippen molar-refractivity contribution in [1.29, 1.82) is 0 Å². The van der Waals surface area contributed by atoms with Gasteiger partial charge in [0, 0.05) is 36.8 Å². The van der Waals surface area contributed by atoms with Crippen molar-refractivity contribution >= 4 is 0 Å². The van der Waals surface area contributed by atoms with E-state index in [4.69, 9.17) is 9.47 Å². The minimum Gasteiger partial charge on any atom is -0.496 e. The molecule has 0 aromatic heterocycles. The molecule has 0 fully saturated rings. The van der Waals surface area contributed by atoms with E-state index in [-0.39, 0.29) is 0 Å². The first-order valence-electron chi connectivity index (χ1n) is 6.74. The van der Waals surface area contributed by atoms with E-state index in [1.807, 2.05) is 19.1 Å². The highest BCUT2D eigenvalue weighted by atomic mass is 16.5. The first kappa shape index (κ1) is 15.8. The van der Waals surface area contributed by atoms with E-state index < -0.39 is 0 Å². The summed E-state index contributed by atoms with van der Waals surface area (Å²) in [5.41, 5.74) is 2.20. The molecule has 0 atom stereocenters. The molecule has 0 bridgehead atoms. The second kappa shape index (κ2) is 8.02. The molecule has 19 heavy (non-hydrogen) atoms. The van der Waals surface area contributed by atoms with Crippen LogP contribution in [0.15, 0.2) is 12.1 Å². The van der Waals surface area contributed by atoms with Gasteiger partial charge < -0.3 is 20.1 Å². The second-order valence-electron chi connectivity index (χ2n) is 4.87. The van der Waals surface area contributed by atoms with E-state index in [2.05, 4.69) is 24.5 Å². The van der Waals surface area contributed by atoms with Gasteiger partial charge in [-0.3, -0.25) is 0 Å². The lowest BCUT2D eigenvalue weighted by Gasteiger charge is -2.15. The Morgan fingerprint density at radius 1 is 1.11 bits per heavy atom. The molecule has 0 aliphatic carbocycles. The molecule has 0 aliphatic rings. The number of rotatable bonds is 8. The average Bonchev–Trinajstić information content (AvgIpc) is 2.38. The first-order chi connectivity index (χ1) is 9.10. The molecule has 108 valence electrons. The predicted molar refractivity (Wildman–Crippen MR) is 79.1 cm³/mol. The summed E-state index contributed by atoms with van der Waals surface area (Å²) in [6.45, 7) is 9.02. The van der Waals surface area contributed by atoms with Gasteiger partial charge in [0.15, 0.2) is 0 Å². The van der Waals surface area contributed by atoms with Crippen LogP contribution in [0.1, 0.15) is 25.0 Å². The van der Waals surface area contributed by atoms with Gasteiger partial charge >= 0.3 is 0 Å². The highest BCUT2D eigenvalue weighted by Crippen LogP contribution is 2.30. The molecule has 4 nitrogen and oxygen atoms in total. The SMILES string of the molecule is COc1ccc(CNCCNC(C)C)c(OC)c1C.